The lowest BCUT2D eigenvalue weighted by Crippen LogP contribution is -2.16. The van der Waals surface area contributed by atoms with Gasteiger partial charge in [-0.3, -0.25) is 4.79 Å². The van der Waals surface area contributed by atoms with Crippen molar-refractivity contribution in [3.63, 3.8) is 0 Å². The summed E-state index contributed by atoms with van der Waals surface area (Å²) < 4.78 is 12.1. The Balaban J connectivity index is 2.13. The van der Waals surface area contributed by atoms with Gasteiger partial charge >= 0.3 is 11.9 Å². The quantitative estimate of drug-likeness (QED) is 0.632. The third kappa shape index (κ3) is 3.56. The number of carbonyl (C=O) groups is 3. The number of esters is 2. The molecule has 0 saturated carbocycles. The zero-order chi connectivity index (χ0) is 19.6. The molecule has 140 valence electrons. The van der Waals surface area contributed by atoms with Crippen LogP contribution < -0.4 is 0 Å². The van der Waals surface area contributed by atoms with Gasteiger partial charge in [-0.05, 0) is 46.2 Å². The lowest BCUT2D eigenvalue weighted by Gasteiger charge is -2.05. The number of ether oxygens (including phenoxy) is 2. The number of aromatic amines is 1. The van der Waals surface area contributed by atoms with Crippen LogP contribution in [0, 0.1) is 27.7 Å². The van der Waals surface area contributed by atoms with E-state index < -0.39 is 11.9 Å². The Kier molecular flexibility index (Phi) is 5.69. The van der Waals surface area contributed by atoms with Crippen molar-refractivity contribution in [1.82, 2.24) is 9.55 Å². The first-order valence-electron chi connectivity index (χ1n) is 8.38. The van der Waals surface area contributed by atoms with E-state index in [1.54, 1.807) is 26.8 Å². The molecular formula is C19H24N2O5. The van der Waals surface area contributed by atoms with E-state index in [1.165, 1.54) is 0 Å². The zero-order valence-electron chi connectivity index (χ0n) is 16.0. The van der Waals surface area contributed by atoms with E-state index in [0.29, 0.717) is 22.4 Å². The third-order valence-corrected chi connectivity index (χ3v) is 4.53. The number of Topliss-reactive ketones (excluding diaryl/α,β-unsaturated/α-hetero) is 1. The molecule has 0 aliphatic heterocycles. The summed E-state index contributed by atoms with van der Waals surface area (Å²) >= 11 is 0. The fourth-order valence-electron chi connectivity index (χ4n) is 2.88. The van der Waals surface area contributed by atoms with Crippen molar-refractivity contribution in [2.75, 3.05) is 13.2 Å². The molecule has 1 N–H and O–H groups in total. The van der Waals surface area contributed by atoms with Crippen LogP contribution in [-0.2, 0) is 16.5 Å². The smallest absolute Gasteiger partial charge is 0.355 e. The summed E-state index contributed by atoms with van der Waals surface area (Å²) in [6.07, 6.45) is 0. The first-order valence-corrected chi connectivity index (χ1v) is 8.38. The monoisotopic (exact) mass is 360 g/mol. The number of aryl methyl sites for hydroxylation is 2. The molecule has 0 amide bonds. The van der Waals surface area contributed by atoms with Crippen molar-refractivity contribution in [2.24, 2.45) is 7.05 Å². The molecule has 0 unspecified atom stereocenters. The van der Waals surface area contributed by atoms with Gasteiger partial charge in [0.25, 0.3) is 0 Å². The van der Waals surface area contributed by atoms with Crippen LogP contribution >= 0.6 is 0 Å². The van der Waals surface area contributed by atoms with Gasteiger partial charge in [-0.2, -0.15) is 0 Å². The molecule has 0 saturated heterocycles. The van der Waals surface area contributed by atoms with E-state index in [2.05, 4.69) is 4.98 Å². The predicted octanol–water partition coefficient (Wildman–Crippen LogP) is 2.80. The molecule has 0 aliphatic rings. The number of ketones is 1. The lowest BCUT2D eigenvalue weighted by molar-refractivity contribution is 0.0468. The Bertz CT molecular complexity index is 873. The van der Waals surface area contributed by atoms with Gasteiger partial charge in [0.15, 0.2) is 6.61 Å². The Labute approximate surface area is 152 Å². The number of hydrogen-bond acceptors (Lipinski definition) is 5. The van der Waals surface area contributed by atoms with Gasteiger partial charge in [-0.1, -0.05) is 0 Å². The van der Waals surface area contributed by atoms with Crippen molar-refractivity contribution in [3.05, 3.63) is 45.5 Å². The molecule has 0 fully saturated rings. The number of nitrogens with zero attached hydrogens (tertiary/aromatic N) is 1. The number of H-pyrrole nitrogens is 1. The van der Waals surface area contributed by atoms with Gasteiger partial charge in [-0.15, -0.1) is 0 Å². The molecule has 0 aromatic carbocycles. The molecule has 2 aromatic rings. The molecule has 2 rings (SSSR count). The average Bonchev–Trinajstić information content (AvgIpc) is 3.03. The van der Waals surface area contributed by atoms with Gasteiger partial charge in [0.2, 0.25) is 5.78 Å². The standard InChI is InChI=1S/C19H24N2O5/c1-7-25-18(23)16-11(3)17(20-12(16)4)19(24)26-9-15(22)14-8-10(2)21(6)13(14)5/h8,20H,7,9H2,1-6H3. The van der Waals surface area contributed by atoms with Crippen LogP contribution in [0.3, 0.4) is 0 Å². The summed E-state index contributed by atoms with van der Waals surface area (Å²) in [5, 5.41) is 0. The highest BCUT2D eigenvalue weighted by Crippen LogP contribution is 2.20. The molecular weight excluding hydrogens is 336 g/mol. The molecule has 7 nitrogen and oxygen atoms in total. The van der Waals surface area contributed by atoms with Crippen LogP contribution in [-0.4, -0.2) is 40.5 Å². The van der Waals surface area contributed by atoms with Gasteiger partial charge in [-0.25, -0.2) is 9.59 Å². The van der Waals surface area contributed by atoms with Crippen LogP contribution in [0.25, 0.3) is 0 Å². The Morgan fingerprint density at radius 1 is 1.08 bits per heavy atom. The molecule has 2 heterocycles. The van der Waals surface area contributed by atoms with Gasteiger partial charge in [0.05, 0.1) is 12.2 Å². The molecule has 0 radical (unpaired) electrons. The minimum Gasteiger partial charge on any atom is -0.462 e. The Morgan fingerprint density at radius 2 is 1.73 bits per heavy atom. The molecule has 0 aliphatic carbocycles. The second-order valence-corrected chi connectivity index (χ2v) is 6.19. The number of rotatable bonds is 6. The number of carbonyl (C=O) groups excluding carboxylic acids is 3. The predicted molar refractivity (Wildman–Crippen MR) is 95.7 cm³/mol. The van der Waals surface area contributed by atoms with Gasteiger partial charge < -0.3 is 19.0 Å². The SMILES string of the molecule is CCOC(=O)c1c(C)[nH]c(C(=O)OCC(=O)c2cc(C)n(C)c2C)c1C. The van der Waals surface area contributed by atoms with E-state index in [9.17, 15) is 14.4 Å². The number of hydrogen-bond donors (Lipinski definition) is 1. The van der Waals surface area contributed by atoms with Crippen LogP contribution in [0.1, 0.15) is 60.8 Å². The summed E-state index contributed by atoms with van der Waals surface area (Å²) in [5.41, 5.74) is 3.74. The zero-order valence-corrected chi connectivity index (χ0v) is 16.0. The summed E-state index contributed by atoms with van der Waals surface area (Å²) in [7, 11) is 1.87. The number of nitrogens with one attached hydrogen (secondary N) is 1. The topological polar surface area (TPSA) is 90.4 Å². The second-order valence-electron chi connectivity index (χ2n) is 6.19. The van der Waals surface area contributed by atoms with Crippen molar-refractivity contribution in [1.29, 1.82) is 0 Å². The van der Waals surface area contributed by atoms with Crippen LogP contribution in [0.4, 0.5) is 0 Å². The summed E-state index contributed by atoms with van der Waals surface area (Å²) in [5.74, 6) is -1.45. The Hall–Kier alpha value is -2.83. The minimum atomic E-state index is -0.681. The van der Waals surface area contributed by atoms with E-state index >= 15 is 0 Å². The highest BCUT2D eigenvalue weighted by Gasteiger charge is 2.24. The van der Waals surface area contributed by atoms with Crippen LogP contribution in [0.2, 0.25) is 0 Å². The number of aromatic nitrogens is 2. The van der Waals surface area contributed by atoms with Crippen LogP contribution in [0.15, 0.2) is 6.07 Å². The second kappa shape index (κ2) is 7.59. The van der Waals surface area contributed by atoms with E-state index in [4.69, 9.17) is 9.47 Å². The molecule has 0 bridgehead atoms. The highest BCUT2D eigenvalue weighted by atomic mass is 16.5. The van der Waals surface area contributed by atoms with Crippen LogP contribution in [0.5, 0.6) is 0 Å². The maximum atomic E-state index is 12.3. The van der Waals surface area contributed by atoms with E-state index in [1.807, 2.05) is 25.5 Å². The fraction of sp³-hybridized carbons (Fsp3) is 0.421. The summed E-state index contributed by atoms with van der Waals surface area (Å²) in [6.45, 7) is 8.64. The van der Waals surface area contributed by atoms with E-state index in [0.717, 1.165) is 11.4 Å². The summed E-state index contributed by atoms with van der Waals surface area (Å²) in [6, 6.07) is 1.77. The first-order chi connectivity index (χ1) is 12.2. The van der Waals surface area contributed by atoms with Crippen molar-refractivity contribution < 1.29 is 23.9 Å². The lowest BCUT2D eigenvalue weighted by atomic mass is 10.1. The minimum absolute atomic E-state index is 0.152. The molecule has 0 spiro atoms. The normalized spacial score (nSPS) is 10.7. The molecule has 0 atom stereocenters. The average molecular weight is 360 g/mol. The maximum Gasteiger partial charge on any atom is 0.355 e. The molecule has 26 heavy (non-hydrogen) atoms. The highest BCUT2D eigenvalue weighted by molar-refractivity contribution is 6.02. The van der Waals surface area contributed by atoms with Gasteiger partial charge in [0.1, 0.15) is 5.69 Å². The maximum absolute atomic E-state index is 12.3. The Morgan fingerprint density at radius 3 is 2.27 bits per heavy atom. The van der Waals surface area contributed by atoms with Crippen molar-refractivity contribution in [2.45, 2.75) is 34.6 Å². The fourth-order valence-corrected chi connectivity index (χ4v) is 2.88. The summed E-state index contributed by atoms with van der Waals surface area (Å²) in [4.78, 5) is 39.5. The van der Waals surface area contributed by atoms with Crippen molar-refractivity contribution in [3.8, 4) is 0 Å². The molecule has 7 heteroatoms. The van der Waals surface area contributed by atoms with Crippen molar-refractivity contribution >= 4 is 17.7 Å². The van der Waals surface area contributed by atoms with Gasteiger partial charge in [0, 0.05) is 29.7 Å². The van der Waals surface area contributed by atoms with E-state index in [-0.39, 0.29) is 24.7 Å². The third-order valence-electron chi connectivity index (χ3n) is 4.53. The molecule has 2 aromatic heterocycles. The largest absolute Gasteiger partial charge is 0.462 e. The first kappa shape index (κ1) is 19.5.